The van der Waals surface area contributed by atoms with Crippen molar-refractivity contribution in [3.8, 4) is 0 Å². The fourth-order valence-corrected chi connectivity index (χ4v) is 4.81. The van der Waals surface area contributed by atoms with E-state index in [1.165, 1.54) is 31.2 Å². The molecule has 0 N–H and O–H groups in total. The van der Waals surface area contributed by atoms with Gasteiger partial charge in [-0.1, -0.05) is 63.4 Å². The monoisotopic (exact) mass is 356 g/mol. The van der Waals surface area contributed by atoms with Crippen LogP contribution in [0.1, 0.15) is 51.5 Å². The zero-order chi connectivity index (χ0) is 18.4. The molecule has 0 aromatic heterocycles. The molecule has 2 fully saturated rings. The Hall–Kier alpha value is -1.35. The van der Waals surface area contributed by atoms with Gasteiger partial charge in [0.2, 0.25) is 5.91 Å². The summed E-state index contributed by atoms with van der Waals surface area (Å²) >= 11 is 0. The smallest absolute Gasteiger partial charge is 0.226 e. The molecule has 1 saturated heterocycles. The molecule has 0 radical (unpaired) electrons. The van der Waals surface area contributed by atoms with E-state index in [1.807, 2.05) is 0 Å². The molecule has 1 aromatic carbocycles. The van der Waals surface area contributed by atoms with Gasteiger partial charge >= 0.3 is 0 Å². The van der Waals surface area contributed by atoms with Gasteiger partial charge in [-0.2, -0.15) is 0 Å². The number of hydrogen-bond donors (Lipinski definition) is 0. The van der Waals surface area contributed by atoms with Crippen LogP contribution in [0, 0.1) is 17.8 Å². The summed E-state index contributed by atoms with van der Waals surface area (Å²) in [7, 11) is 0. The molecule has 3 rings (SSSR count). The van der Waals surface area contributed by atoms with Gasteiger partial charge in [0.15, 0.2) is 0 Å². The Morgan fingerprint density at radius 1 is 1.08 bits per heavy atom. The summed E-state index contributed by atoms with van der Waals surface area (Å²) in [5.74, 6) is 2.03. The lowest BCUT2D eigenvalue weighted by molar-refractivity contribution is -0.141. The molecular formula is C23H36N2O. The maximum absolute atomic E-state index is 13.2. The van der Waals surface area contributed by atoms with Crippen molar-refractivity contribution in [3.05, 3.63) is 35.9 Å². The molecule has 3 nitrogen and oxygen atoms in total. The number of carbonyl (C=O) groups excluding carboxylic acids is 1. The summed E-state index contributed by atoms with van der Waals surface area (Å²) in [6.45, 7) is 9.60. The number of amides is 1. The molecule has 0 bridgehead atoms. The van der Waals surface area contributed by atoms with Gasteiger partial charge in [-0.15, -0.1) is 0 Å². The topological polar surface area (TPSA) is 23.6 Å². The standard InChI is InChI=1S/C23H36N2O/c1-3-19(2)21-11-7-8-12-22(21)23(26)25-17-15-24(16-18-25)14-13-20-9-5-4-6-10-20/h4-6,9-10,19,21-22H,3,7-8,11-18H2,1-2H3. The molecule has 26 heavy (non-hydrogen) atoms. The predicted octanol–water partition coefficient (Wildman–Crippen LogP) is 4.23. The average molecular weight is 357 g/mol. The molecule has 2 aliphatic rings. The lowest BCUT2D eigenvalue weighted by atomic mass is 9.71. The number of rotatable bonds is 6. The Bertz CT molecular complexity index is 551. The van der Waals surface area contributed by atoms with Crippen molar-refractivity contribution in [2.45, 2.75) is 52.4 Å². The lowest BCUT2D eigenvalue weighted by Crippen LogP contribution is -2.52. The molecular weight excluding hydrogens is 320 g/mol. The maximum atomic E-state index is 13.2. The van der Waals surface area contributed by atoms with Gasteiger partial charge in [-0.05, 0) is 36.7 Å². The summed E-state index contributed by atoms with van der Waals surface area (Å²) in [5, 5.41) is 0. The number of piperazine rings is 1. The Labute approximate surface area is 159 Å². The number of carbonyl (C=O) groups is 1. The zero-order valence-electron chi connectivity index (χ0n) is 16.7. The number of nitrogens with zero attached hydrogens (tertiary/aromatic N) is 2. The first-order chi connectivity index (χ1) is 12.7. The highest BCUT2D eigenvalue weighted by Gasteiger charge is 2.36. The minimum Gasteiger partial charge on any atom is -0.340 e. The second kappa shape index (κ2) is 9.55. The summed E-state index contributed by atoms with van der Waals surface area (Å²) in [5.41, 5.74) is 1.41. The first-order valence-corrected chi connectivity index (χ1v) is 10.7. The molecule has 1 saturated carbocycles. The zero-order valence-corrected chi connectivity index (χ0v) is 16.7. The minimum absolute atomic E-state index is 0.287. The largest absolute Gasteiger partial charge is 0.340 e. The van der Waals surface area contributed by atoms with E-state index in [0.717, 1.165) is 45.6 Å². The third-order valence-corrected chi connectivity index (χ3v) is 6.75. The van der Waals surface area contributed by atoms with Crippen LogP contribution in [0.3, 0.4) is 0 Å². The maximum Gasteiger partial charge on any atom is 0.226 e. The summed E-state index contributed by atoms with van der Waals surface area (Å²) in [6, 6.07) is 10.7. The highest BCUT2D eigenvalue weighted by Crippen LogP contribution is 2.37. The van der Waals surface area contributed by atoms with Crippen LogP contribution in [0.2, 0.25) is 0 Å². The Morgan fingerprint density at radius 2 is 1.77 bits per heavy atom. The Morgan fingerprint density at radius 3 is 2.46 bits per heavy atom. The highest BCUT2D eigenvalue weighted by molar-refractivity contribution is 5.79. The van der Waals surface area contributed by atoms with Gasteiger partial charge in [0.25, 0.3) is 0 Å². The van der Waals surface area contributed by atoms with Crippen LogP contribution in [0.4, 0.5) is 0 Å². The van der Waals surface area contributed by atoms with Crippen molar-refractivity contribution in [2.24, 2.45) is 17.8 Å². The summed E-state index contributed by atoms with van der Waals surface area (Å²) in [6.07, 6.45) is 7.21. The second-order valence-corrected chi connectivity index (χ2v) is 8.34. The number of benzene rings is 1. The average Bonchev–Trinajstić information content (AvgIpc) is 2.72. The molecule has 3 heteroatoms. The van der Waals surface area contributed by atoms with Crippen molar-refractivity contribution in [2.75, 3.05) is 32.7 Å². The number of hydrogen-bond acceptors (Lipinski definition) is 2. The SMILES string of the molecule is CCC(C)C1CCCCC1C(=O)N1CCN(CCc2ccccc2)CC1. The van der Waals surface area contributed by atoms with Gasteiger partial charge in [0.1, 0.15) is 0 Å². The third kappa shape index (κ3) is 4.88. The van der Waals surface area contributed by atoms with E-state index in [0.29, 0.717) is 17.7 Å². The molecule has 3 unspecified atom stereocenters. The van der Waals surface area contributed by atoms with E-state index < -0.39 is 0 Å². The van der Waals surface area contributed by atoms with E-state index in [9.17, 15) is 4.79 Å². The predicted molar refractivity (Wildman–Crippen MR) is 108 cm³/mol. The van der Waals surface area contributed by atoms with Crippen LogP contribution >= 0.6 is 0 Å². The van der Waals surface area contributed by atoms with Gasteiger partial charge in [-0.25, -0.2) is 0 Å². The lowest BCUT2D eigenvalue weighted by Gasteiger charge is -2.40. The molecule has 1 aliphatic heterocycles. The van der Waals surface area contributed by atoms with Crippen LogP contribution in [0.25, 0.3) is 0 Å². The van der Waals surface area contributed by atoms with Gasteiger partial charge in [0.05, 0.1) is 0 Å². The summed E-state index contributed by atoms with van der Waals surface area (Å²) < 4.78 is 0. The van der Waals surface area contributed by atoms with Crippen LogP contribution in [0.5, 0.6) is 0 Å². The Kier molecular flexibility index (Phi) is 7.13. The van der Waals surface area contributed by atoms with Crippen molar-refractivity contribution < 1.29 is 4.79 Å². The second-order valence-electron chi connectivity index (χ2n) is 8.34. The van der Waals surface area contributed by atoms with E-state index >= 15 is 0 Å². The fourth-order valence-electron chi connectivity index (χ4n) is 4.81. The van der Waals surface area contributed by atoms with Crippen LogP contribution in [-0.4, -0.2) is 48.4 Å². The molecule has 3 atom stereocenters. The minimum atomic E-state index is 0.287. The van der Waals surface area contributed by atoms with Gasteiger partial charge in [-0.3, -0.25) is 9.69 Å². The first-order valence-electron chi connectivity index (χ1n) is 10.7. The molecule has 0 spiro atoms. The van der Waals surface area contributed by atoms with Crippen molar-refractivity contribution in [3.63, 3.8) is 0 Å². The van der Waals surface area contributed by atoms with Crippen LogP contribution < -0.4 is 0 Å². The normalized spacial score (nSPS) is 25.8. The Balaban J connectivity index is 1.48. The van der Waals surface area contributed by atoms with Crippen LogP contribution in [-0.2, 0) is 11.2 Å². The van der Waals surface area contributed by atoms with Gasteiger partial charge < -0.3 is 4.90 Å². The van der Waals surface area contributed by atoms with Gasteiger partial charge in [0, 0.05) is 38.6 Å². The molecule has 144 valence electrons. The molecule has 1 aromatic rings. The van der Waals surface area contributed by atoms with Crippen molar-refractivity contribution >= 4 is 5.91 Å². The third-order valence-electron chi connectivity index (χ3n) is 6.75. The first kappa shape index (κ1) is 19.4. The van der Waals surface area contributed by atoms with E-state index in [-0.39, 0.29) is 5.92 Å². The summed E-state index contributed by atoms with van der Waals surface area (Å²) in [4.78, 5) is 17.9. The van der Waals surface area contributed by atoms with E-state index in [2.05, 4.69) is 54.0 Å². The molecule has 1 heterocycles. The van der Waals surface area contributed by atoms with Crippen molar-refractivity contribution in [1.82, 2.24) is 9.80 Å². The molecule has 1 amide bonds. The van der Waals surface area contributed by atoms with Crippen LogP contribution in [0.15, 0.2) is 30.3 Å². The van der Waals surface area contributed by atoms with Crippen molar-refractivity contribution in [1.29, 1.82) is 0 Å². The molecule has 1 aliphatic carbocycles. The van der Waals surface area contributed by atoms with E-state index in [4.69, 9.17) is 0 Å². The highest BCUT2D eigenvalue weighted by atomic mass is 16.2. The fraction of sp³-hybridized carbons (Fsp3) is 0.696. The quantitative estimate of drug-likeness (QED) is 0.762. The van der Waals surface area contributed by atoms with E-state index in [1.54, 1.807) is 0 Å².